The van der Waals surface area contributed by atoms with Crippen molar-refractivity contribution < 1.29 is 4.79 Å². The predicted octanol–water partition coefficient (Wildman–Crippen LogP) is 5.38. The number of aromatic nitrogens is 1. The minimum atomic E-state index is -0.123. The summed E-state index contributed by atoms with van der Waals surface area (Å²) in [5.74, 6) is 0.869. The molecule has 0 spiro atoms. The fourth-order valence-electron chi connectivity index (χ4n) is 3.62. The van der Waals surface area contributed by atoms with Crippen LogP contribution in [0.25, 0.3) is 11.1 Å². The lowest BCUT2D eigenvalue weighted by atomic mass is 10.0. The molecule has 4 nitrogen and oxygen atoms in total. The second-order valence-electron chi connectivity index (χ2n) is 7.21. The van der Waals surface area contributed by atoms with Gasteiger partial charge in [-0.2, -0.15) is 0 Å². The number of rotatable bonds is 4. The van der Waals surface area contributed by atoms with Gasteiger partial charge in [-0.05, 0) is 48.2 Å². The van der Waals surface area contributed by atoms with E-state index in [1.807, 2.05) is 66.7 Å². The summed E-state index contributed by atoms with van der Waals surface area (Å²) in [6, 6.07) is 21.7. The zero-order valence-corrected chi connectivity index (χ0v) is 16.0. The summed E-state index contributed by atoms with van der Waals surface area (Å²) in [4.78, 5) is 19.6. The molecule has 28 heavy (non-hydrogen) atoms. The van der Waals surface area contributed by atoms with Gasteiger partial charge in [0.2, 0.25) is 0 Å². The highest BCUT2D eigenvalue weighted by molar-refractivity contribution is 6.04. The van der Waals surface area contributed by atoms with Crippen LogP contribution < -0.4 is 10.2 Å². The number of hydrogen-bond acceptors (Lipinski definition) is 3. The zero-order valence-electron chi connectivity index (χ0n) is 16.0. The quantitative estimate of drug-likeness (QED) is 0.669. The van der Waals surface area contributed by atoms with Crippen molar-refractivity contribution in [3.8, 4) is 11.1 Å². The number of benzene rings is 2. The Morgan fingerprint density at radius 2 is 1.57 bits per heavy atom. The first-order chi connectivity index (χ1) is 13.8. The molecule has 4 rings (SSSR count). The molecule has 0 atom stereocenters. The van der Waals surface area contributed by atoms with Crippen molar-refractivity contribution in [2.75, 3.05) is 23.3 Å². The molecule has 1 saturated heterocycles. The first kappa shape index (κ1) is 18.2. The van der Waals surface area contributed by atoms with Crippen LogP contribution in [0, 0.1) is 0 Å². The van der Waals surface area contributed by atoms with E-state index in [0.717, 1.165) is 30.0 Å². The standard InChI is InChI=1S/C24H25N3O/c28-24(21-12-8-11-20(17-21)19-9-4-3-5-10-19)26-22-13-14-23(25-18-22)27-15-6-1-2-7-16-27/h3-5,8-14,17-18H,1-2,6-7,15-16H2,(H,26,28). The van der Waals surface area contributed by atoms with E-state index in [2.05, 4.69) is 15.2 Å². The van der Waals surface area contributed by atoms with E-state index in [4.69, 9.17) is 0 Å². The van der Waals surface area contributed by atoms with Gasteiger partial charge in [-0.1, -0.05) is 55.3 Å². The highest BCUT2D eigenvalue weighted by Crippen LogP contribution is 2.22. The van der Waals surface area contributed by atoms with Crippen LogP contribution in [-0.4, -0.2) is 24.0 Å². The summed E-state index contributed by atoms with van der Waals surface area (Å²) in [5.41, 5.74) is 3.48. The summed E-state index contributed by atoms with van der Waals surface area (Å²) in [5, 5.41) is 2.96. The van der Waals surface area contributed by atoms with E-state index >= 15 is 0 Å². The van der Waals surface area contributed by atoms with Gasteiger partial charge in [0.15, 0.2) is 0 Å². The van der Waals surface area contributed by atoms with Crippen molar-refractivity contribution in [2.45, 2.75) is 25.7 Å². The molecule has 2 aromatic carbocycles. The topological polar surface area (TPSA) is 45.2 Å². The molecule has 2 heterocycles. The van der Waals surface area contributed by atoms with Crippen LogP contribution in [0.5, 0.6) is 0 Å². The van der Waals surface area contributed by atoms with Crippen LogP contribution in [0.3, 0.4) is 0 Å². The summed E-state index contributed by atoms with van der Waals surface area (Å²) >= 11 is 0. The second kappa shape index (κ2) is 8.70. The predicted molar refractivity (Wildman–Crippen MR) is 115 cm³/mol. The van der Waals surface area contributed by atoms with E-state index in [1.165, 1.54) is 25.7 Å². The Hall–Kier alpha value is -3.14. The minimum absolute atomic E-state index is 0.123. The number of hydrogen-bond donors (Lipinski definition) is 1. The number of nitrogens with zero attached hydrogens (tertiary/aromatic N) is 2. The molecule has 3 aromatic rings. The Labute approximate surface area is 166 Å². The second-order valence-corrected chi connectivity index (χ2v) is 7.21. The first-order valence-electron chi connectivity index (χ1n) is 9.97. The molecule has 142 valence electrons. The van der Waals surface area contributed by atoms with Crippen molar-refractivity contribution in [2.24, 2.45) is 0 Å². The fourth-order valence-corrected chi connectivity index (χ4v) is 3.62. The number of pyridine rings is 1. The minimum Gasteiger partial charge on any atom is -0.357 e. The number of nitrogens with one attached hydrogen (secondary N) is 1. The molecule has 1 aromatic heterocycles. The van der Waals surface area contributed by atoms with Crippen molar-refractivity contribution in [1.82, 2.24) is 4.98 Å². The lowest BCUT2D eigenvalue weighted by molar-refractivity contribution is 0.102. The van der Waals surface area contributed by atoms with Crippen molar-refractivity contribution in [1.29, 1.82) is 0 Å². The first-order valence-corrected chi connectivity index (χ1v) is 9.97. The average Bonchev–Trinajstić information content (AvgIpc) is 3.05. The molecule has 4 heteroatoms. The molecule has 1 amide bonds. The Bertz CT molecular complexity index is 914. The smallest absolute Gasteiger partial charge is 0.255 e. The number of amides is 1. The third-order valence-corrected chi connectivity index (χ3v) is 5.17. The van der Waals surface area contributed by atoms with Gasteiger partial charge >= 0.3 is 0 Å². The van der Waals surface area contributed by atoms with Gasteiger partial charge in [0.25, 0.3) is 5.91 Å². The summed E-state index contributed by atoms with van der Waals surface area (Å²) < 4.78 is 0. The van der Waals surface area contributed by atoms with Crippen LogP contribution in [0.4, 0.5) is 11.5 Å². The molecule has 0 aliphatic carbocycles. The van der Waals surface area contributed by atoms with Crippen molar-refractivity contribution >= 4 is 17.4 Å². The van der Waals surface area contributed by atoms with Crippen LogP contribution >= 0.6 is 0 Å². The molecular formula is C24H25N3O. The van der Waals surface area contributed by atoms with Gasteiger partial charge in [0.05, 0.1) is 11.9 Å². The average molecular weight is 371 g/mol. The van der Waals surface area contributed by atoms with Gasteiger partial charge < -0.3 is 10.2 Å². The van der Waals surface area contributed by atoms with Gasteiger partial charge in [-0.25, -0.2) is 4.98 Å². The lowest BCUT2D eigenvalue weighted by Crippen LogP contribution is -2.24. The fraction of sp³-hybridized carbons (Fsp3) is 0.250. The Balaban J connectivity index is 1.45. The van der Waals surface area contributed by atoms with E-state index in [0.29, 0.717) is 11.3 Å². The van der Waals surface area contributed by atoms with Gasteiger partial charge in [-0.15, -0.1) is 0 Å². The van der Waals surface area contributed by atoms with Crippen LogP contribution in [0.15, 0.2) is 72.9 Å². The van der Waals surface area contributed by atoms with E-state index < -0.39 is 0 Å². The molecule has 0 unspecified atom stereocenters. The molecule has 1 fully saturated rings. The van der Waals surface area contributed by atoms with Gasteiger partial charge in [0.1, 0.15) is 5.82 Å². The Morgan fingerprint density at radius 1 is 0.821 bits per heavy atom. The third kappa shape index (κ3) is 4.39. The monoisotopic (exact) mass is 371 g/mol. The molecule has 1 aliphatic heterocycles. The van der Waals surface area contributed by atoms with Crippen LogP contribution in [0.1, 0.15) is 36.0 Å². The van der Waals surface area contributed by atoms with Gasteiger partial charge in [0, 0.05) is 18.7 Å². The number of carbonyl (C=O) groups excluding carboxylic acids is 1. The summed E-state index contributed by atoms with van der Waals surface area (Å²) in [6.07, 6.45) is 6.79. The van der Waals surface area contributed by atoms with Crippen LogP contribution in [0.2, 0.25) is 0 Å². The largest absolute Gasteiger partial charge is 0.357 e. The van der Waals surface area contributed by atoms with E-state index in [1.54, 1.807) is 6.20 Å². The maximum atomic E-state index is 12.7. The van der Waals surface area contributed by atoms with Crippen LogP contribution in [-0.2, 0) is 0 Å². The van der Waals surface area contributed by atoms with Gasteiger partial charge in [-0.3, -0.25) is 4.79 Å². The third-order valence-electron chi connectivity index (χ3n) is 5.17. The molecule has 1 aliphatic rings. The molecule has 1 N–H and O–H groups in total. The molecular weight excluding hydrogens is 346 g/mol. The highest BCUT2D eigenvalue weighted by Gasteiger charge is 2.12. The highest BCUT2D eigenvalue weighted by atomic mass is 16.1. The number of anilines is 2. The van der Waals surface area contributed by atoms with Crippen molar-refractivity contribution in [3.05, 3.63) is 78.5 Å². The maximum Gasteiger partial charge on any atom is 0.255 e. The molecule has 0 radical (unpaired) electrons. The van der Waals surface area contributed by atoms with E-state index in [-0.39, 0.29) is 5.91 Å². The van der Waals surface area contributed by atoms with Crippen molar-refractivity contribution in [3.63, 3.8) is 0 Å². The molecule has 0 bridgehead atoms. The maximum absolute atomic E-state index is 12.7. The normalized spacial score (nSPS) is 14.4. The SMILES string of the molecule is O=C(Nc1ccc(N2CCCCCC2)nc1)c1cccc(-c2ccccc2)c1. The molecule has 0 saturated carbocycles. The lowest BCUT2D eigenvalue weighted by Gasteiger charge is -2.21. The zero-order chi connectivity index (χ0) is 19.2. The summed E-state index contributed by atoms with van der Waals surface area (Å²) in [6.45, 7) is 2.12. The Kier molecular flexibility index (Phi) is 5.66. The Morgan fingerprint density at radius 3 is 2.29 bits per heavy atom. The number of carbonyl (C=O) groups is 1. The summed E-state index contributed by atoms with van der Waals surface area (Å²) in [7, 11) is 0. The van der Waals surface area contributed by atoms with E-state index in [9.17, 15) is 4.79 Å².